The number of benzene rings is 3. The molecule has 1 atom stereocenters. The number of amides is 2. The van der Waals surface area contributed by atoms with Crippen LogP contribution >= 0.6 is 23.2 Å². The molecule has 0 aliphatic heterocycles. The highest BCUT2D eigenvalue weighted by atomic mass is 35.5. The fourth-order valence-corrected chi connectivity index (χ4v) is 5.67. The van der Waals surface area contributed by atoms with E-state index in [-0.39, 0.29) is 34.0 Å². The molecule has 0 fully saturated rings. The molecule has 3 rings (SSSR count). The minimum absolute atomic E-state index is 0.00750. The van der Waals surface area contributed by atoms with Crippen molar-refractivity contribution in [1.82, 2.24) is 10.2 Å². The number of carbonyl (C=O) groups excluding carboxylic acids is 2. The van der Waals surface area contributed by atoms with Gasteiger partial charge in [-0.15, -0.1) is 0 Å². The Kier molecular flexibility index (Phi) is 10.2. The molecule has 0 saturated heterocycles. The third-order valence-corrected chi connectivity index (χ3v) is 8.34. The summed E-state index contributed by atoms with van der Waals surface area (Å²) in [5, 5.41) is 3.45. The zero-order chi connectivity index (χ0) is 27.9. The lowest BCUT2D eigenvalue weighted by Crippen LogP contribution is -2.51. The Morgan fingerprint density at radius 2 is 1.42 bits per heavy atom. The van der Waals surface area contributed by atoms with Crippen LogP contribution in [0.4, 0.5) is 5.69 Å². The molecule has 1 unspecified atom stereocenters. The lowest BCUT2D eigenvalue weighted by Gasteiger charge is -2.32. The highest BCUT2D eigenvalue weighted by molar-refractivity contribution is 7.92. The second-order valence-electron chi connectivity index (χ2n) is 9.20. The molecular formula is C28H31Cl2N3O4S. The van der Waals surface area contributed by atoms with Crippen molar-refractivity contribution < 1.29 is 18.0 Å². The van der Waals surface area contributed by atoms with E-state index in [4.69, 9.17) is 23.2 Å². The van der Waals surface area contributed by atoms with Crippen LogP contribution in [0.15, 0.2) is 83.8 Å². The Labute approximate surface area is 234 Å². The fraction of sp³-hybridized carbons (Fsp3) is 0.286. The highest BCUT2D eigenvalue weighted by Crippen LogP contribution is 2.31. The number of carbonyl (C=O) groups is 2. The van der Waals surface area contributed by atoms with Crippen LogP contribution in [0.1, 0.15) is 26.3 Å². The molecule has 0 heterocycles. The van der Waals surface area contributed by atoms with Gasteiger partial charge >= 0.3 is 0 Å². The van der Waals surface area contributed by atoms with Crippen molar-refractivity contribution in [2.45, 2.75) is 38.3 Å². The first-order chi connectivity index (χ1) is 18.0. The van der Waals surface area contributed by atoms with Crippen molar-refractivity contribution in [3.8, 4) is 0 Å². The van der Waals surface area contributed by atoms with Crippen LogP contribution in [-0.2, 0) is 26.2 Å². The zero-order valence-electron chi connectivity index (χ0n) is 21.5. The van der Waals surface area contributed by atoms with E-state index in [2.05, 4.69) is 5.32 Å². The first-order valence-electron chi connectivity index (χ1n) is 12.1. The van der Waals surface area contributed by atoms with Gasteiger partial charge in [-0.25, -0.2) is 8.42 Å². The number of rotatable bonds is 11. The molecule has 3 aromatic rings. The topological polar surface area (TPSA) is 86.8 Å². The van der Waals surface area contributed by atoms with E-state index >= 15 is 0 Å². The average molecular weight is 577 g/mol. The maximum atomic E-state index is 13.9. The van der Waals surface area contributed by atoms with Crippen LogP contribution in [0.25, 0.3) is 0 Å². The Hall–Kier alpha value is -3.07. The van der Waals surface area contributed by atoms with Gasteiger partial charge < -0.3 is 10.2 Å². The molecule has 0 aliphatic carbocycles. The van der Waals surface area contributed by atoms with E-state index in [1.54, 1.807) is 67.6 Å². The summed E-state index contributed by atoms with van der Waals surface area (Å²) in [6.45, 7) is 5.41. The van der Waals surface area contributed by atoms with Crippen LogP contribution in [-0.4, -0.2) is 44.3 Å². The number of hydrogen-bond donors (Lipinski definition) is 1. The molecule has 0 aliphatic rings. The molecule has 0 spiro atoms. The summed E-state index contributed by atoms with van der Waals surface area (Å²) in [4.78, 5) is 28.2. The number of halogens is 2. The first kappa shape index (κ1) is 29.5. The summed E-state index contributed by atoms with van der Waals surface area (Å²) in [6, 6.07) is 20.3. The predicted molar refractivity (Wildman–Crippen MR) is 152 cm³/mol. The van der Waals surface area contributed by atoms with Crippen molar-refractivity contribution in [1.29, 1.82) is 0 Å². The Balaban J connectivity index is 2.02. The number of para-hydroxylation sites is 1. The lowest BCUT2D eigenvalue weighted by molar-refractivity contribution is -0.139. The predicted octanol–water partition coefficient (Wildman–Crippen LogP) is 5.38. The molecule has 0 radical (unpaired) electrons. The van der Waals surface area contributed by atoms with E-state index in [1.807, 2.05) is 13.8 Å². The largest absolute Gasteiger partial charge is 0.354 e. The maximum Gasteiger partial charge on any atom is 0.264 e. The van der Waals surface area contributed by atoms with Crippen LogP contribution in [0.5, 0.6) is 0 Å². The maximum absolute atomic E-state index is 13.9. The summed E-state index contributed by atoms with van der Waals surface area (Å²) < 4.78 is 28.4. The standard InChI is InChI=1S/C28H31Cl2N3O4S/c1-20(2)17-31-28(35)21(3)32(18-22-11-7-8-14-24(22)29)27(34)19-33(26-16-10-9-15-25(26)30)38(36,37)23-12-5-4-6-13-23/h4-16,20-21H,17-19H2,1-3H3,(H,31,35). The van der Waals surface area contributed by atoms with Gasteiger partial charge in [-0.2, -0.15) is 0 Å². The van der Waals surface area contributed by atoms with Gasteiger partial charge in [0.05, 0.1) is 15.6 Å². The average Bonchev–Trinajstić information content (AvgIpc) is 2.90. The van der Waals surface area contributed by atoms with Gasteiger partial charge in [-0.3, -0.25) is 13.9 Å². The Morgan fingerprint density at radius 3 is 2.03 bits per heavy atom. The van der Waals surface area contributed by atoms with E-state index in [9.17, 15) is 18.0 Å². The molecule has 0 saturated carbocycles. The summed E-state index contributed by atoms with van der Waals surface area (Å²) in [5.41, 5.74) is 0.780. The van der Waals surface area contributed by atoms with Gasteiger partial charge in [0.15, 0.2) is 0 Å². The second kappa shape index (κ2) is 13.1. The van der Waals surface area contributed by atoms with E-state index in [0.29, 0.717) is 17.1 Å². The van der Waals surface area contributed by atoms with Crippen molar-refractivity contribution in [2.24, 2.45) is 5.92 Å². The Bertz CT molecular complexity index is 1370. The normalized spacial score (nSPS) is 12.2. The van der Waals surface area contributed by atoms with Crippen molar-refractivity contribution in [3.05, 3.63) is 94.5 Å². The minimum atomic E-state index is -4.18. The van der Waals surface area contributed by atoms with Crippen LogP contribution in [0.3, 0.4) is 0 Å². The van der Waals surface area contributed by atoms with Crippen molar-refractivity contribution >= 4 is 50.7 Å². The van der Waals surface area contributed by atoms with Gasteiger partial charge in [0.25, 0.3) is 10.0 Å². The minimum Gasteiger partial charge on any atom is -0.354 e. The third-order valence-electron chi connectivity index (χ3n) is 5.88. The van der Waals surface area contributed by atoms with Crippen molar-refractivity contribution in [3.63, 3.8) is 0 Å². The van der Waals surface area contributed by atoms with Crippen LogP contribution in [0, 0.1) is 5.92 Å². The number of hydrogen-bond acceptors (Lipinski definition) is 4. The highest BCUT2D eigenvalue weighted by Gasteiger charge is 2.33. The van der Waals surface area contributed by atoms with Gasteiger partial charge in [0.2, 0.25) is 11.8 Å². The Morgan fingerprint density at radius 1 is 0.842 bits per heavy atom. The van der Waals surface area contributed by atoms with Gasteiger partial charge in [0, 0.05) is 18.1 Å². The molecule has 2 amide bonds. The molecule has 7 nitrogen and oxygen atoms in total. The molecule has 1 N–H and O–H groups in total. The molecular weight excluding hydrogens is 545 g/mol. The van der Waals surface area contributed by atoms with Crippen molar-refractivity contribution in [2.75, 3.05) is 17.4 Å². The SMILES string of the molecule is CC(C)CNC(=O)C(C)N(Cc1ccccc1Cl)C(=O)CN(c1ccccc1Cl)S(=O)(=O)c1ccccc1. The molecule has 202 valence electrons. The molecule has 0 bridgehead atoms. The van der Waals surface area contributed by atoms with Gasteiger partial charge in [-0.05, 0) is 48.7 Å². The summed E-state index contributed by atoms with van der Waals surface area (Å²) in [7, 11) is -4.18. The van der Waals surface area contributed by atoms with Crippen LogP contribution < -0.4 is 9.62 Å². The van der Waals surface area contributed by atoms with E-state index in [0.717, 1.165) is 4.31 Å². The smallest absolute Gasteiger partial charge is 0.264 e. The number of sulfonamides is 1. The van der Waals surface area contributed by atoms with Gasteiger partial charge in [0.1, 0.15) is 12.6 Å². The summed E-state index contributed by atoms with van der Waals surface area (Å²) >= 11 is 12.8. The van der Waals surface area contributed by atoms with Gasteiger partial charge in [-0.1, -0.05) is 85.6 Å². The first-order valence-corrected chi connectivity index (χ1v) is 14.3. The monoisotopic (exact) mass is 575 g/mol. The number of anilines is 1. The zero-order valence-corrected chi connectivity index (χ0v) is 23.8. The number of nitrogens with zero attached hydrogens (tertiary/aromatic N) is 2. The molecule has 0 aromatic heterocycles. The quantitative estimate of drug-likeness (QED) is 0.332. The number of nitrogens with one attached hydrogen (secondary N) is 1. The fourth-order valence-electron chi connectivity index (χ4n) is 3.73. The van der Waals surface area contributed by atoms with E-state index in [1.165, 1.54) is 23.1 Å². The molecule has 3 aromatic carbocycles. The molecule has 10 heteroatoms. The van der Waals surface area contributed by atoms with E-state index < -0.39 is 28.5 Å². The van der Waals surface area contributed by atoms with Crippen LogP contribution in [0.2, 0.25) is 10.0 Å². The molecule has 38 heavy (non-hydrogen) atoms. The summed E-state index contributed by atoms with van der Waals surface area (Å²) in [6.07, 6.45) is 0. The summed E-state index contributed by atoms with van der Waals surface area (Å²) in [5.74, 6) is -0.726. The lowest BCUT2D eigenvalue weighted by atomic mass is 10.1. The third kappa shape index (κ3) is 7.28. The second-order valence-corrected chi connectivity index (χ2v) is 11.9.